The van der Waals surface area contributed by atoms with Crippen molar-refractivity contribution in [2.45, 2.75) is 25.8 Å². The summed E-state index contributed by atoms with van der Waals surface area (Å²) in [5.41, 5.74) is 1.68. The van der Waals surface area contributed by atoms with Gasteiger partial charge in [0.15, 0.2) is 0 Å². The first-order valence-corrected chi connectivity index (χ1v) is 6.84. The van der Waals surface area contributed by atoms with E-state index in [1.807, 2.05) is 24.3 Å². The van der Waals surface area contributed by atoms with Crippen molar-refractivity contribution in [1.82, 2.24) is 5.32 Å². The molecule has 0 saturated heterocycles. The van der Waals surface area contributed by atoms with E-state index in [1.54, 1.807) is 0 Å². The van der Waals surface area contributed by atoms with Gasteiger partial charge in [0.25, 0.3) is 0 Å². The van der Waals surface area contributed by atoms with Crippen LogP contribution in [-0.2, 0) is 20.9 Å². The molecule has 20 heavy (non-hydrogen) atoms. The van der Waals surface area contributed by atoms with Gasteiger partial charge in [-0.2, -0.15) is 0 Å². The normalized spacial score (nSPS) is 14.4. The molecule has 1 aliphatic carbocycles. The predicted octanol–water partition coefficient (Wildman–Crippen LogP) is 1.69. The summed E-state index contributed by atoms with van der Waals surface area (Å²) in [6.07, 6.45) is 3.15. The van der Waals surface area contributed by atoms with E-state index in [1.165, 1.54) is 7.11 Å². The zero-order valence-electron chi connectivity index (χ0n) is 11.6. The van der Waals surface area contributed by atoms with Gasteiger partial charge in [-0.15, -0.1) is 0 Å². The van der Waals surface area contributed by atoms with Gasteiger partial charge in [0.1, 0.15) is 6.61 Å². The van der Waals surface area contributed by atoms with E-state index in [0.29, 0.717) is 12.2 Å². The standard InChI is InChI=1S/C15H20N2O3/c1-20-10-14(18)17-13-7-2-4-11(8-13)9-16-15(19)12-5-3-6-12/h2,4,7-8,12H,3,5-6,9-10H2,1H3,(H,16,19)(H,17,18). The Balaban J connectivity index is 1.85. The number of methoxy groups -OCH3 is 1. The van der Waals surface area contributed by atoms with Crippen LogP contribution in [0.5, 0.6) is 0 Å². The molecule has 0 atom stereocenters. The highest BCUT2D eigenvalue weighted by Crippen LogP contribution is 2.26. The van der Waals surface area contributed by atoms with Crippen molar-refractivity contribution in [3.8, 4) is 0 Å². The smallest absolute Gasteiger partial charge is 0.250 e. The second-order valence-electron chi connectivity index (χ2n) is 5.03. The Hall–Kier alpha value is -1.88. The Bertz CT molecular complexity index is 484. The van der Waals surface area contributed by atoms with Crippen LogP contribution in [0.1, 0.15) is 24.8 Å². The van der Waals surface area contributed by atoms with E-state index in [9.17, 15) is 9.59 Å². The van der Waals surface area contributed by atoms with Crippen LogP contribution in [-0.4, -0.2) is 25.5 Å². The van der Waals surface area contributed by atoms with Crippen molar-refractivity contribution in [2.75, 3.05) is 19.0 Å². The number of nitrogens with one attached hydrogen (secondary N) is 2. The molecule has 108 valence electrons. The monoisotopic (exact) mass is 276 g/mol. The summed E-state index contributed by atoms with van der Waals surface area (Å²) in [5.74, 6) is 0.132. The predicted molar refractivity (Wildman–Crippen MR) is 76.1 cm³/mol. The summed E-state index contributed by atoms with van der Waals surface area (Å²) >= 11 is 0. The third-order valence-electron chi connectivity index (χ3n) is 3.43. The van der Waals surface area contributed by atoms with Gasteiger partial charge in [0, 0.05) is 25.3 Å². The molecule has 1 aromatic carbocycles. The molecule has 0 bridgehead atoms. The van der Waals surface area contributed by atoms with E-state index in [-0.39, 0.29) is 24.3 Å². The first-order chi connectivity index (χ1) is 9.69. The topological polar surface area (TPSA) is 67.4 Å². The SMILES string of the molecule is COCC(=O)Nc1cccc(CNC(=O)C2CCC2)c1. The highest BCUT2D eigenvalue weighted by molar-refractivity contribution is 5.91. The lowest BCUT2D eigenvalue weighted by Gasteiger charge is -2.24. The van der Waals surface area contributed by atoms with Crippen molar-refractivity contribution in [2.24, 2.45) is 5.92 Å². The van der Waals surface area contributed by atoms with Crippen LogP contribution in [0.25, 0.3) is 0 Å². The molecule has 2 rings (SSSR count). The number of amides is 2. The molecule has 0 heterocycles. The van der Waals surface area contributed by atoms with E-state index >= 15 is 0 Å². The maximum Gasteiger partial charge on any atom is 0.250 e. The molecule has 0 spiro atoms. The molecular weight excluding hydrogens is 256 g/mol. The number of rotatable bonds is 6. The molecule has 1 aromatic rings. The highest BCUT2D eigenvalue weighted by atomic mass is 16.5. The van der Waals surface area contributed by atoms with Crippen LogP contribution < -0.4 is 10.6 Å². The Kier molecular flexibility index (Phi) is 5.12. The first-order valence-electron chi connectivity index (χ1n) is 6.84. The Morgan fingerprint density at radius 1 is 1.35 bits per heavy atom. The Morgan fingerprint density at radius 2 is 2.15 bits per heavy atom. The van der Waals surface area contributed by atoms with Crippen LogP contribution in [0.2, 0.25) is 0 Å². The zero-order chi connectivity index (χ0) is 14.4. The third-order valence-corrected chi connectivity index (χ3v) is 3.43. The number of carbonyl (C=O) groups excluding carboxylic acids is 2. The number of ether oxygens (including phenoxy) is 1. The molecule has 1 fully saturated rings. The molecule has 0 aromatic heterocycles. The number of hydrogen-bond donors (Lipinski definition) is 2. The molecule has 0 unspecified atom stereocenters. The van der Waals surface area contributed by atoms with Gasteiger partial charge in [0.05, 0.1) is 0 Å². The van der Waals surface area contributed by atoms with Crippen molar-refractivity contribution in [3.05, 3.63) is 29.8 Å². The molecule has 5 nitrogen and oxygen atoms in total. The van der Waals surface area contributed by atoms with Crippen molar-refractivity contribution in [1.29, 1.82) is 0 Å². The molecule has 0 radical (unpaired) electrons. The second-order valence-corrected chi connectivity index (χ2v) is 5.03. The Labute approximate surface area is 118 Å². The van der Waals surface area contributed by atoms with Crippen molar-refractivity contribution < 1.29 is 14.3 Å². The van der Waals surface area contributed by atoms with Crippen LogP contribution in [0, 0.1) is 5.92 Å². The molecular formula is C15H20N2O3. The van der Waals surface area contributed by atoms with Crippen LogP contribution in [0.3, 0.4) is 0 Å². The maximum absolute atomic E-state index is 11.7. The minimum atomic E-state index is -0.192. The van der Waals surface area contributed by atoms with E-state index < -0.39 is 0 Å². The fraction of sp³-hybridized carbons (Fsp3) is 0.467. The molecule has 5 heteroatoms. The number of benzene rings is 1. The van der Waals surface area contributed by atoms with E-state index in [4.69, 9.17) is 4.74 Å². The number of anilines is 1. The summed E-state index contributed by atoms with van der Waals surface area (Å²) in [5, 5.41) is 5.67. The van der Waals surface area contributed by atoms with Crippen LogP contribution in [0.4, 0.5) is 5.69 Å². The van der Waals surface area contributed by atoms with Crippen LogP contribution >= 0.6 is 0 Å². The lowest BCUT2D eigenvalue weighted by atomic mass is 9.85. The van der Waals surface area contributed by atoms with Gasteiger partial charge in [0.2, 0.25) is 11.8 Å². The number of hydrogen-bond acceptors (Lipinski definition) is 3. The van der Waals surface area contributed by atoms with Gasteiger partial charge in [-0.25, -0.2) is 0 Å². The average Bonchev–Trinajstić information content (AvgIpc) is 2.35. The minimum absolute atomic E-state index is 0.0304. The molecule has 1 aliphatic rings. The lowest BCUT2D eigenvalue weighted by Crippen LogP contribution is -2.33. The molecule has 1 saturated carbocycles. The third kappa shape index (κ3) is 4.06. The fourth-order valence-corrected chi connectivity index (χ4v) is 2.09. The van der Waals surface area contributed by atoms with E-state index in [0.717, 1.165) is 24.8 Å². The molecule has 2 amide bonds. The zero-order valence-corrected chi connectivity index (χ0v) is 11.6. The van der Waals surface area contributed by atoms with Crippen LogP contribution in [0.15, 0.2) is 24.3 Å². The largest absolute Gasteiger partial charge is 0.375 e. The lowest BCUT2D eigenvalue weighted by molar-refractivity contribution is -0.127. The molecule has 0 aliphatic heterocycles. The average molecular weight is 276 g/mol. The van der Waals surface area contributed by atoms with E-state index in [2.05, 4.69) is 10.6 Å². The Morgan fingerprint density at radius 3 is 2.80 bits per heavy atom. The fourth-order valence-electron chi connectivity index (χ4n) is 2.09. The maximum atomic E-state index is 11.7. The summed E-state index contributed by atoms with van der Waals surface area (Å²) in [6.45, 7) is 0.520. The van der Waals surface area contributed by atoms with Gasteiger partial charge < -0.3 is 15.4 Å². The summed E-state index contributed by atoms with van der Waals surface area (Å²) < 4.78 is 4.76. The van der Waals surface area contributed by atoms with Crippen molar-refractivity contribution >= 4 is 17.5 Å². The summed E-state index contributed by atoms with van der Waals surface area (Å²) in [7, 11) is 1.48. The highest BCUT2D eigenvalue weighted by Gasteiger charge is 2.24. The minimum Gasteiger partial charge on any atom is -0.375 e. The summed E-state index contributed by atoms with van der Waals surface area (Å²) in [6, 6.07) is 7.44. The summed E-state index contributed by atoms with van der Waals surface area (Å²) in [4.78, 5) is 23.2. The molecule has 2 N–H and O–H groups in total. The quantitative estimate of drug-likeness (QED) is 0.831. The van der Waals surface area contributed by atoms with Gasteiger partial charge in [-0.3, -0.25) is 9.59 Å². The first kappa shape index (κ1) is 14.5. The van der Waals surface area contributed by atoms with Crippen molar-refractivity contribution in [3.63, 3.8) is 0 Å². The number of carbonyl (C=O) groups is 2. The second kappa shape index (κ2) is 7.05. The van der Waals surface area contributed by atoms with Gasteiger partial charge >= 0.3 is 0 Å². The van der Waals surface area contributed by atoms with Gasteiger partial charge in [-0.1, -0.05) is 18.6 Å². The van der Waals surface area contributed by atoms with Gasteiger partial charge in [-0.05, 0) is 30.5 Å².